The summed E-state index contributed by atoms with van der Waals surface area (Å²) in [6.07, 6.45) is 4.00. The quantitative estimate of drug-likeness (QED) is 0.310. The highest BCUT2D eigenvalue weighted by Crippen LogP contribution is 2.39. The first kappa shape index (κ1) is 24.0. The summed E-state index contributed by atoms with van der Waals surface area (Å²) in [6.45, 7) is 4.34. The van der Waals surface area contributed by atoms with Gasteiger partial charge in [-0.05, 0) is 47.0 Å². The molecule has 0 bridgehead atoms. The Kier molecular flexibility index (Phi) is 6.97. The predicted octanol–water partition coefficient (Wildman–Crippen LogP) is 3.39. The number of benzene rings is 2. The minimum Gasteiger partial charge on any atom is -0.507 e. The van der Waals surface area contributed by atoms with Gasteiger partial charge in [0.1, 0.15) is 11.5 Å². The normalized spacial score (nSPS) is 20.2. The van der Waals surface area contributed by atoms with Crippen LogP contribution in [-0.4, -0.2) is 78.1 Å². The average Bonchev–Trinajstić information content (AvgIpc) is 3.18. The number of likely N-dealkylation sites (tertiary alicyclic amines) is 1. The van der Waals surface area contributed by atoms with E-state index in [1.54, 1.807) is 36.5 Å². The number of carbonyl (C=O) groups is 2. The van der Waals surface area contributed by atoms with Gasteiger partial charge in [0, 0.05) is 44.1 Å². The molecule has 0 saturated carbocycles. The number of morpholine rings is 1. The highest BCUT2D eigenvalue weighted by Gasteiger charge is 2.46. The van der Waals surface area contributed by atoms with Crippen molar-refractivity contribution >= 4 is 28.2 Å². The molecule has 1 aromatic heterocycles. The van der Waals surface area contributed by atoms with Crippen LogP contribution in [0.4, 0.5) is 0 Å². The molecule has 2 fully saturated rings. The summed E-state index contributed by atoms with van der Waals surface area (Å²) in [7, 11) is 1.61. The molecular formula is C28H29N3O5. The van der Waals surface area contributed by atoms with Crippen LogP contribution in [0.5, 0.6) is 5.75 Å². The second-order valence-electron chi connectivity index (χ2n) is 9.01. The van der Waals surface area contributed by atoms with Crippen LogP contribution in [0.2, 0.25) is 0 Å². The summed E-state index contributed by atoms with van der Waals surface area (Å²) in [5.74, 6) is -0.727. The largest absolute Gasteiger partial charge is 0.507 e. The minimum atomic E-state index is -0.699. The number of Topliss-reactive ketones (excluding diaryl/α,β-unsaturated/α-hetero) is 1. The lowest BCUT2D eigenvalue weighted by Crippen LogP contribution is -2.39. The number of aromatic nitrogens is 1. The number of ketones is 1. The van der Waals surface area contributed by atoms with Gasteiger partial charge >= 0.3 is 0 Å². The number of methoxy groups -OCH3 is 1. The Labute approximate surface area is 209 Å². The van der Waals surface area contributed by atoms with E-state index in [2.05, 4.69) is 9.88 Å². The fourth-order valence-electron chi connectivity index (χ4n) is 4.94. The Morgan fingerprint density at radius 3 is 2.61 bits per heavy atom. The van der Waals surface area contributed by atoms with Crippen molar-refractivity contribution in [1.82, 2.24) is 14.8 Å². The summed E-state index contributed by atoms with van der Waals surface area (Å²) in [6, 6.07) is 14.0. The Balaban J connectivity index is 1.49. The Bertz CT molecular complexity index is 1300. The SMILES string of the molecule is COc1ccc2cc(/C(O)=C3\C(=O)C(=O)N(CCCN4CCOCC4)C3c3cccnc3)ccc2c1. The monoisotopic (exact) mass is 487 g/mol. The zero-order chi connectivity index (χ0) is 25.1. The van der Waals surface area contributed by atoms with Crippen molar-refractivity contribution in [2.45, 2.75) is 12.5 Å². The molecule has 1 unspecified atom stereocenters. The van der Waals surface area contributed by atoms with E-state index in [1.807, 2.05) is 36.4 Å². The van der Waals surface area contributed by atoms with Crippen molar-refractivity contribution in [1.29, 1.82) is 0 Å². The van der Waals surface area contributed by atoms with E-state index < -0.39 is 17.7 Å². The van der Waals surface area contributed by atoms with Gasteiger partial charge in [-0.15, -0.1) is 0 Å². The number of fused-ring (bicyclic) bond motifs is 1. The second kappa shape index (κ2) is 10.5. The molecule has 5 rings (SSSR count). The summed E-state index contributed by atoms with van der Waals surface area (Å²) < 4.78 is 10.7. The van der Waals surface area contributed by atoms with Crippen LogP contribution < -0.4 is 4.74 Å². The molecule has 2 aliphatic rings. The van der Waals surface area contributed by atoms with E-state index in [0.29, 0.717) is 37.3 Å². The van der Waals surface area contributed by atoms with Crippen molar-refractivity contribution < 1.29 is 24.2 Å². The molecule has 0 aliphatic carbocycles. The van der Waals surface area contributed by atoms with Gasteiger partial charge in [-0.1, -0.05) is 24.3 Å². The molecule has 2 aromatic carbocycles. The van der Waals surface area contributed by atoms with E-state index in [1.165, 1.54) is 0 Å². The van der Waals surface area contributed by atoms with Crippen molar-refractivity contribution in [2.75, 3.05) is 46.5 Å². The first-order valence-electron chi connectivity index (χ1n) is 12.1. The number of carbonyl (C=O) groups excluding carboxylic acids is 2. The zero-order valence-electron chi connectivity index (χ0n) is 20.2. The maximum atomic E-state index is 13.3. The highest BCUT2D eigenvalue weighted by molar-refractivity contribution is 6.46. The lowest BCUT2D eigenvalue weighted by Gasteiger charge is -2.29. The first-order chi connectivity index (χ1) is 17.6. The van der Waals surface area contributed by atoms with Gasteiger partial charge in [0.25, 0.3) is 11.7 Å². The smallest absolute Gasteiger partial charge is 0.295 e. The van der Waals surface area contributed by atoms with Crippen LogP contribution in [0.3, 0.4) is 0 Å². The van der Waals surface area contributed by atoms with Gasteiger partial charge in [0.15, 0.2) is 0 Å². The molecule has 2 saturated heterocycles. The number of hydrogen-bond acceptors (Lipinski definition) is 7. The Morgan fingerprint density at radius 1 is 1.08 bits per heavy atom. The highest BCUT2D eigenvalue weighted by atomic mass is 16.5. The van der Waals surface area contributed by atoms with Gasteiger partial charge in [0.2, 0.25) is 0 Å². The van der Waals surface area contributed by atoms with Crippen LogP contribution in [-0.2, 0) is 14.3 Å². The molecule has 1 N–H and O–H groups in total. The van der Waals surface area contributed by atoms with Gasteiger partial charge in [-0.25, -0.2) is 0 Å². The van der Waals surface area contributed by atoms with Crippen molar-refractivity contribution in [3.63, 3.8) is 0 Å². The molecule has 1 amide bonds. The molecular weight excluding hydrogens is 458 g/mol. The molecule has 186 valence electrons. The number of rotatable bonds is 7. The Hall–Kier alpha value is -3.75. The molecule has 1 atom stereocenters. The van der Waals surface area contributed by atoms with E-state index in [4.69, 9.17) is 9.47 Å². The van der Waals surface area contributed by atoms with Crippen molar-refractivity contribution in [2.24, 2.45) is 0 Å². The molecule has 8 nitrogen and oxygen atoms in total. The zero-order valence-corrected chi connectivity index (χ0v) is 20.2. The number of pyridine rings is 1. The number of amides is 1. The second-order valence-corrected chi connectivity index (χ2v) is 9.01. The van der Waals surface area contributed by atoms with Crippen LogP contribution in [0.1, 0.15) is 23.6 Å². The van der Waals surface area contributed by atoms with Crippen molar-refractivity contribution in [3.8, 4) is 5.75 Å². The third kappa shape index (κ3) is 4.69. The van der Waals surface area contributed by atoms with E-state index in [9.17, 15) is 14.7 Å². The molecule has 36 heavy (non-hydrogen) atoms. The third-order valence-electron chi connectivity index (χ3n) is 6.84. The van der Waals surface area contributed by atoms with Gasteiger partial charge < -0.3 is 19.5 Å². The summed E-state index contributed by atoms with van der Waals surface area (Å²) >= 11 is 0. The van der Waals surface area contributed by atoms with Crippen LogP contribution in [0.25, 0.3) is 16.5 Å². The lowest BCUT2D eigenvalue weighted by molar-refractivity contribution is -0.140. The lowest BCUT2D eigenvalue weighted by atomic mass is 9.95. The molecule has 2 aliphatic heterocycles. The fraction of sp³-hybridized carbons (Fsp3) is 0.321. The topological polar surface area (TPSA) is 92.2 Å². The number of hydrogen-bond donors (Lipinski definition) is 1. The van der Waals surface area contributed by atoms with Crippen LogP contribution in [0.15, 0.2) is 66.5 Å². The van der Waals surface area contributed by atoms with Gasteiger partial charge in [0.05, 0.1) is 31.9 Å². The molecule has 0 spiro atoms. The molecule has 8 heteroatoms. The van der Waals surface area contributed by atoms with Crippen LogP contribution in [0, 0.1) is 0 Å². The van der Waals surface area contributed by atoms with Gasteiger partial charge in [-0.2, -0.15) is 0 Å². The fourth-order valence-corrected chi connectivity index (χ4v) is 4.94. The summed E-state index contributed by atoms with van der Waals surface area (Å²) in [4.78, 5) is 34.5. The molecule has 0 radical (unpaired) electrons. The number of nitrogens with zero attached hydrogens (tertiary/aromatic N) is 3. The minimum absolute atomic E-state index is 0.0900. The number of ether oxygens (including phenoxy) is 2. The Morgan fingerprint density at radius 2 is 1.86 bits per heavy atom. The summed E-state index contributed by atoms with van der Waals surface area (Å²) in [5, 5.41) is 13.2. The maximum Gasteiger partial charge on any atom is 0.295 e. The number of aliphatic hydroxyl groups is 1. The maximum absolute atomic E-state index is 13.3. The predicted molar refractivity (Wildman–Crippen MR) is 136 cm³/mol. The molecule has 3 heterocycles. The number of aliphatic hydroxyl groups excluding tert-OH is 1. The average molecular weight is 488 g/mol. The summed E-state index contributed by atoms with van der Waals surface area (Å²) in [5.41, 5.74) is 1.26. The molecule has 3 aromatic rings. The van der Waals surface area contributed by atoms with E-state index in [-0.39, 0.29) is 11.3 Å². The van der Waals surface area contributed by atoms with Gasteiger partial charge in [-0.3, -0.25) is 19.5 Å². The third-order valence-corrected chi connectivity index (χ3v) is 6.84. The standard InChI is InChI=1S/C28H29N3O5/c1-35-23-8-7-19-16-21(6-5-20(19)17-23)26(32)24-25(22-4-2-9-29-18-22)31(28(34)27(24)33)11-3-10-30-12-14-36-15-13-30/h2,4-9,16-18,25,32H,3,10-15H2,1H3/b26-24+. The van der Waals surface area contributed by atoms with E-state index in [0.717, 1.165) is 36.2 Å². The van der Waals surface area contributed by atoms with Crippen molar-refractivity contribution in [3.05, 3.63) is 77.6 Å². The van der Waals surface area contributed by atoms with Crippen LogP contribution >= 0.6 is 0 Å². The van der Waals surface area contributed by atoms with E-state index >= 15 is 0 Å². The first-order valence-corrected chi connectivity index (χ1v) is 12.1.